The summed E-state index contributed by atoms with van der Waals surface area (Å²) in [5.74, 6) is -0.0784. The highest BCUT2D eigenvalue weighted by Crippen LogP contribution is 2.12. The lowest BCUT2D eigenvalue weighted by Gasteiger charge is -2.11. The lowest BCUT2D eigenvalue weighted by Crippen LogP contribution is -2.26. The zero-order chi connectivity index (χ0) is 13.8. The summed E-state index contributed by atoms with van der Waals surface area (Å²) in [6.45, 7) is 4.42. The highest BCUT2D eigenvalue weighted by atomic mass is 16.3. The van der Waals surface area contributed by atoms with Crippen LogP contribution in [-0.4, -0.2) is 20.9 Å². The molecule has 0 aliphatic rings. The molecule has 0 saturated carbocycles. The first-order valence-electron chi connectivity index (χ1n) is 6.19. The fourth-order valence-corrected chi connectivity index (χ4v) is 1.66. The molecule has 5 heteroatoms. The quantitative estimate of drug-likeness (QED) is 0.871. The first-order chi connectivity index (χ1) is 9.08. The van der Waals surface area contributed by atoms with E-state index >= 15 is 0 Å². The zero-order valence-corrected chi connectivity index (χ0v) is 11.0. The van der Waals surface area contributed by atoms with Gasteiger partial charge in [0.1, 0.15) is 11.4 Å². The first-order valence-corrected chi connectivity index (χ1v) is 6.19. The van der Waals surface area contributed by atoms with E-state index in [9.17, 15) is 9.90 Å². The van der Waals surface area contributed by atoms with E-state index in [-0.39, 0.29) is 17.4 Å². The summed E-state index contributed by atoms with van der Waals surface area (Å²) in [6, 6.07) is 10.6. The fraction of sp³-hybridized carbons (Fsp3) is 0.286. The van der Waals surface area contributed by atoms with Crippen LogP contribution in [0.25, 0.3) is 5.69 Å². The molecular weight excluding hydrogens is 242 g/mol. The van der Waals surface area contributed by atoms with E-state index in [0.29, 0.717) is 17.9 Å². The summed E-state index contributed by atoms with van der Waals surface area (Å²) in [7, 11) is 0. The Bertz CT molecular complexity index is 606. The number of aromatic hydroxyl groups is 1. The van der Waals surface area contributed by atoms with Crippen molar-refractivity contribution >= 4 is 0 Å². The molecule has 0 radical (unpaired) electrons. The van der Waals surface area contributed by atoms with Crippen LogP contribution in [0.2, 0.25) is 0 Å². The third kappa shape index (κ3) is 3.20. The number of nitrogens with zero attached hydrogens (tertiary/aromatic N) is 2. The van der Waals surface area contributed by atoms with Crippen molar-refractivity contribution in [2.24, 2.45) is 0 Å². The number of nitrogens with one attached hydrogen (secondary N) is 1. The molecule has 0 unspecified atom stereocenters. The predicted molar refractivity (Wildman–Crippen MR) is 73.5 cm³/mol. The van der Waals surface area contributed by atoms with Gasteiger partial charge in [-0.2, -0.15) is 9.78 Å². The van der Waals surface area contributed by atoms with Gasteiger partial charge >= 0.3 is 0 Å². The van der Waals surface area contributed by atoms with E-state index in [2.05, 4.69) is 10.4 Å². The van der Waals surface area contributed by atoms with Crippen LogP contribution in [0.3, 0.4) is 0 Å². The molecule has 0 atom stereocenters. The standard InChI is InChI=1S/C14H17N3O2/c1-10(2)15-9-12-13(18)8-14(19)17(16-12)11-6-4-3-5-7-11/h3-8,10,15,18H,9H2,1-2H3. The second kappa shape index (κ2) is 5.67. The average Bonchev–Trinajstić information content (AvgIpc) is 2.38. The highest BCUT2D eigenvalue weighted by molar-refractivity contribution is 5.32. The second-order valence-electron chi connectivity index (χ2n) is 4.60. The van der Waals surface area contributed by atoms with E-state index in [1.54, 1.807) is 12.1 Å². The molecule has 0 fully saturated rings. The van der Waals surface area contributed by atoms with Gasteiger partial charge < -0.3 is 10.4 Å². The van der Waals surface area contributed by atoms with E-state index in [1.807, 2.05) is 32.0 Å². The summed E-state index contributed by atoms with van der Waals surface area (Å²) in [6.07, 6.45) is 0. The Morgan fingerprint density at radius 1 is 1.32 bits per heavy atom. The molecule has 19 heavy (non-hydrogen) atoms. The van der Waals surface area contributed by atoms with Gasteiger partial charge in [-0.05, 0) is 12.1 Å². The second-order valence-corrected chi connectivity index (χ2v) is 4.60. The average molecular weight is 259 g/mol. The van der Waals surface area contributed by atoms with E-state index in [0.717, 1.165) is 0 Å². The third-order valence-electron chi connectivity index (χ3n) is 2.66. The number of aromatic nitrogens is 2. The minimum Gasteiger partial charge on any atom is -0.506 e. The molecule has 2 aromatic rings. The molecule has 2 N–H and O–H groups in total. The Balaban J connectivity index is 2.40. The van der Waals surface area contributed by atoms with Crippen LogP contribution in [0, 0.1) is 0 Å². The summed E-state index contributed by atoms with van der Waals surface area (Å²) < 4.78 is 1.29. The SMILES string of the molecule is CC(C)NCc1nn(-c2ccccc2)c(=O)cc1O. The minimum atomic E-state index is -0.350. The molecule has 0 spiro atoms. The predicted octanol–water partition coefficient (Wildman–Crippen LogP) is 1.44. The smallest absolute Gasteiger partial charge is 0.275 e. The fourth-order valence-electron chi connectivity index (χ4n) is 1.66. The van der Waals surface area contributed by atoms with Crippen molar-refractivity contribution in [1.29, 1.82) is 0 Å². The maximum absolute atomic E-state index is 11.9. The molecule has 1 aromatic heterocycles. The summed E-state index contributed by atoms with van der Waals surface area (Å²) >= 11 is 0. The maximum Gasteiger partial charge on any atom is 0.275 e. The molecule has 1 aromatic carbocycles. The molecule has 1 heterocycles. The Hall–Kier alpha value is -2.14. The molecule has 0 aliphatic carbocycles. The third-order valence-corrected chi connectivity index (χ3v) is 2.66. The number of hydrogen-bond donors (Lipinski definition) is 2. The van der Waals surface area contributed by atoms with E-state index < -0.39 is 0 Å². The normalized spacial score (nSPS) is 10.9. The Kier molecular flexibility index (Phi) is 3.97. The largest absolute Gasteiger partial charge is 0.506 e. The maximum atomic E-state index is 11.9. The van der Waals surface area contributed by atoms with Gasteiger partial charge in [-0.3, -0.25) is 4.79 Å². The van der Waals surface area contributed by atoms with Crippen LogP contribution >= 0.6 is 0 Å². The van der Waals surface area contributed by atoms with Gasteiger partial charge in [-0.1, -0.05) is 32.0 Å². The first kappa shape index (κ1) is 13.3. The monoisotopic (exact) mass is 259 g/mol. The molecule has 0 saturated heterocycles. The molecule has 2 rings (SSSR count). The summed E-state index contributed by atoms with van der Waals surface area (Å²) in [5, 5.41) is 17.1. The van der Waals surface area contributed by atoms with Crippen molar-refractivity contribution < 1.29 is 5.11 Å². The van der Waals surface area contributed by atoms with Crippen LogP contribution in [0.5, 0.6) is 5.75 Å². The molecule has 100 valence electrons. The van der Waals surface area contributed by atoms with Gasteiger partial charge in [0.25, 0.3) is 5.56 Å². The van der Waals surface area contributed by atoms with Crippen LogP contribution in [-0.2, 0) is 6.54 Å². The Morgan fingerprint density at radius 3 is 2.63 bits per heavy atom. The van der Waals surface area contributed by atoms with E-state index in [4.69, 9.17) is 0 Å². The van der Waals surface area contributed by atoms with Crippen molar-refractivity contribution in [2.45, 2.75) is 26.4 Å². The summed E-state index contributed by atoms with van der Waals surface area (Å²) in [5.41, 5.74) is 0.785. The van der Waals surface area contributed by atoms with Crippen molar-refractivity contribution in [3.63, 3.8) is 0 Å². The summed E-state index contributed by atoms with van der Waals surface area (Å²) in [4.78, 5) is 11.9. The highest BCUT2D eigenvalue weighted by Gasteiger charge is 2.09. The number of hydrogen-bond acceptors (Lipinski definition) is 4. The van der Waals surface area contributed by atoms with Crippen LogP contribution < -0.4 is 10.9 Å². The lowest BCUT2D eigenvalue weighted by molar-refractivity contribution is 0.447. The van der Waals surface area contributed by atoms with Gasteiger partial charge in [0, 0.05) is 18.7 Å². The van der Waals surface area contributed by atoms with Gasteiger partial charge in [0.2, 0.25) is 0 Å². The molecule has 0 bridgehead atoms. The van der Waals surface area contributed by atoms with Gasteiger partial charge in [0.15, 0.2) is 0 Å². The number of benzene rings is 1. The topological polar surface area (TPSA) is 67.2 Å². The zero-order valence-electron chi connectivity index (χ0n) is 11.0. The van der Waals surface area contributed by atoms with Gasteiger partial charge in [-0.15, -0.1) is 0 Å². The van der Waals surface area contributed by atoms with Crippen molar-refractivity contribution in [3.05, 3.63) is 52.4 Å². The molecule has 5 nitrogen and oxygen atoms in total. The Morgan fingerprint density at radius 2 is 2.00 bits per heavy atom. The number of rotatable bonds is 4. The van der Waals surface area contributed by atoms with Crippen LogP contribution in [0.15, 0.2) is 41.2 Å². The Labute approximate surface area is 111 Å². The van der Waals surface area contributed by atoms with Crippen molar-refractivity contribution in [3.8, 4) is 11.4 Å². The molecular formula is C14H17N3O2. The van der Waals surface area contributed by atoms with Gasteiger partial charge in [0.05, 0.1) is 5.69 Å². The molecule has 0 amide bonds. The number of para-hydroxylation sites is 1. The van der Waals surface area contributed by atoms with Crippen molar-refractivity contribution in [1.82, 2.24) is 15.1 Å². The van der Waals surface area contributed by atoms with Crippen molar-refractivity contribution in [2.75, 3.05) is 0 Å². The lowest BCUT2D eigenvalue weighted by atomic mass is 10.3. The van der Waals surface area contributed by atoms with Crippen LogP contribution in [0.1, 0.15) is 19.5 Å². The molecule has 0 aliphatic heterocycles. The van der Waals surface area contributed by atoms with E-state index in [1.165, 1.54) is 10.7 Å². The van der Waals surface area contributed by atoms with Crippen LogP contribution in [0.4, 0.5) is 0 Å². The van der Waals surface area contributed by atoms with Gasteiger partial charge in [-0.25, -0.2) is 0 Å². The minimum absolute atomic E-state index is 0.0784.